The van der Waals surface area contributed by atoms with E-state index in [1.54, 1.807) is 0 Å². The van der Waals surface area contributed by atoms with Crippen LogP contribution < -0.4 is 0 Å². The summed E-state index contributed by atoms with van der Waals surface area (Å²) >= 11 is 5.42. The molecule has 0 radical (unpaired) electrons. The fourth-order valence-electron chi connectivity index (χ4n) is 1.23. The van der Waals surface area contributed by atoms with E-state index < -0.39 is 18.2 Å². The Morgan fingerprint density at radius 2 is 2.31 bits per heavy atom. The van der Waals surface area contributed by atoms with E-state index in [0.29, 0.717) is 0 Å². The van der Waals surface area contributed by atoms with Gasteiger partial charge in [-0.15, -0.1) is 11.6 Å². The summed E-state index contributed by atoms with van der Waals surface area (Å²) in [4.78, 5) is 15.2. The zero-order valence-electron chi connectivity index (χ0n) is 8.63. The minimum atomic E-state index is -1.26. The molecular formula is C10H12ClNO4. The number of ether oxygens (including phenoxy) is 1. The lowest BCUT2D eigenvalue weighted by molar-refractivity contribution is 0.0305. The summed E-state index contributed by atoms with van der Waals surface area (Å²) < 4.78 is 4.55. The molecule has 2 N–H and O–H groups in total. The number of aromatic nitrogens is 1. The molecule has 0 aliphatic rings. The maximum atomic E-state index is 11.4. The summed E-state index contributed by atoms with van der Waals surface area (Å²) in [6.07, 6.45) is 0.275. The number of pyridine rings is 1. The van der Waals surface area contributed by atoms with Crippen molar-refractivity contribution in [1.29, 1.82) is 0 Å². The quantitative estimate of drug-likeness (QED) is 0.597. The summed E-state index contributed by atoms with van der Waals surface area (Å²) in [5.41, 5.74) is 0.358. The summed E-state index contributed by atoms with van der Waals surface area (Å²) in [6.45, 7) is 0. The molecule has 16 heavy (non-hydrogen) atoms. The van der Waals surface area contributed by atoms with Crippen LogP contribution in [0.4, 0.5) is 0 Å². The highest BCUT2D eigenvalue weighted by Crippen LogP contribution is 2.21. The van der Waals surface area contributed by atoms with Crippen LogP contribution in [0.5, 0.6) is 0 Å². The lowest BCUT2D eigenvalue weighted by Gasteiger charge is -2.17. The number of halogens is 1. The van der Waals surface area contributed by atoms with Gasteiger partial charge in [0, 0.05) is 18.0 Å². The molecule has 0 aliphatic heterocycles. The first kappa shape index (κ1) is 12.9. The van der Waals surface area contributed by atoms with Gasteiger partial charge in [0.2, 0.25) is 0 Å². The van der Waals surface area contributed by atoms with Gasteiger partial charge in [0.25, 0.3) is 0 Å². The number of hydrogen-bond acceptors (Lipinski definition) is 5. The average Bonchev–Trinajstić information content (AvgIpc) is 2.35. The molecule has 0 aromatic carbocycles. The number of alkyl halides is 1. The van der Waals surface area contributed by atoms with E-state index in [1.165, 1.54) is 25.6 Å². The van der Waals surface area contributed by atoms with Crippen molar-refractivity contribution >= 4 is 17.6 Å². The molecule has 1 aromatic rings. The summed E-state index contributed by atoms with van der Waals surface area (Å²) in [5.74, 6) is -0.741. The van der Waals surface area contributed by atoms with Gasteiger partial charge < -0.3 is 14.9 Å². The second-order valence-electron chi connectivity index (χ2n) is 3.12. The fraction of sp³-hybridized carbons (Fsp3) is 0.400. The molecule has 0 aliphatic carbocycles. The zero-order chi connectivity index (χ0) is 12.1. The predicted molar refractivity (Wildman–Crippen MR) is 57.3 cm³/mol. The number of rotatable bonds is 4. The van der Waals surface area contributed by atoms with Crippen molar-refractivity contribution in [2.75, 3.05) is 13.0 Å². The Bertz CT molecular complexity index is 372. The topological polar surface area (TPSA) is 79.7 Å². The Hall–Kier alpha value is -1.17. The predicted octanol–water partition coefficient (Wildman–Crippen LogP) is 0.501. The SMILES string of the molecule is COC(=O)c1ccncc1C(O)C(O)CCl. The number of aliphatic hydroxyl groups is 2. The summed E-state index contributed by atoms with van der Waals surface area (Å²) in [5, 5.41) is 19.1. The summed E-state index contributed by atoms with van der Waals surface area (Å²) in [7, 11) is 1.23. The number of carbonyl (C=O) groups is 1. The zero-order valence-corrected chi connectivity index (χ0v) is 9.39. The number of nitrogens with zero attached hydrogens (tertiary/aromatic N) is 1. The van der Waals surface area contributed by atoms with Gasteiger partial charge in [0.05, 0.1) is 24.7 Å². The number of hydrogen-bond donors (Lipinski definition) is 2. The molecule has 0 saturated carbocycles. The van der Waals surface area contributed by atoms with Crippen LogP contribution in [0.3, 0.4) is 0 Å². The van der Waals surface area contributed by atoms with Crippen LogP contribution in [0, 0.1) is 0 Å². The van der Waals surface area contributed by atoms with E-state index in [0.717, 1.165) is 0 Å². The van der Waals surface area contributed by atoms with E-state index >= 15 is 0 Å². The van der Waals surface area contributed by atoms with Gasteiger partial charge in [-0.2, -0.15) is 0 Å². The smallest absolute Gasteiger partial charge is 0.338 e. The van der Waals surface area contributed by atoms with Crippen LogP contribution in [0.1, 0.15) is 22.0 Å². The van der Waals surface area contributed by atoms with Gasteiger partial charge in [-0.3, -0.25) is 4.98 Å². The number of aliphatic hydroxyl groups excluding tert-OH is 2. The van der Waals surface area contributed by atoms with E-state index in [4.69, 9.17) is 11.6 Å². The molecule has 1 rings (SSSR count). The van der Waals surface area contributed by atoms with Crippen LogP contribution in [-0.2, 0) is 4.74 Å². The maximum absolute atomic E-state index is 11.4. The molecule has 0 fully saturated rings. The number of methoxy groups -OCH3 is 1. The Balaban J connectivity index is 3.08. The van der Waals surface area contributed by atoms with E-state index in [2.05, 4.69) is 9.72 Å². The van der Waals surface area contributed by atoms with Gasteiger partial charge in [-0.25, -0.2) is 4.79 Å². The summed E-state index contributed by atoms with van der Waals surface area (Å²) in [6, 6.07) is 1.41. The van der Waals surface area contributed by atoms with Crippen molar-refractivity contribution < 1.29 is 19.7 Å². The molecule has 0 bridgehead atoms. The molecule has 6 heteroatoms. The minimum Gasteiger partial charge on any atom is -0.465 e. The van der Waals surface area contributed by atoms with Crippen molar-refractivity contribution in [2.45, 2.75) is 12.2 Å². The first-order valence-corrected chi connectivity index (χ1v) is 5.09. The molecule has 88 valence electrons. The van der Waals surface area contributed by atoms with Crippen molar-refractivity contribution in [3.63, 3.8) is 0 Å². The highest BCUT2D eigenvalue weighted by Gasteiger charge is 2.23. The molecule has 5 nitrogen and oxygen atoms in total. The molecule has 0 amide bonds. The highest BCUT2D eigenvalue weighted by molar-refractivity contribution is 6.18. The average molecular weight is 246 g/mol. The number of carbonyl (C=O) groups excluding carboxylic acids is 1. The molecule has 0 spiro atoms. The van der Waals surface area contributed by atoms with Crippen LogP contribution in [0.25, 0.3) is 0 Å². The van der Waals surface area contributed by atoms with Crippen LogP contribution in [-0.4, -0.2) is 40.3 Å². The monoisotopic (exact) mass is 245 g/mol. The molecule has 1 aromatic heterocycles. The van der Waals surface area contributed by atoms with Crippen molar-refractivity contribution in [3.05, 3.63) is 29.6 Å². The first-order valence-electron chi connectivity index (χ1n) is 4.56. The third kappa shape index (κ3) is 2.69. The van der Waals surface area contributed by atoms with E-state index in [9.17, 15) is 15.0 Å². The number of esters is 1. The van der Waals surface area contributed by atoms with Gasteiger partial charge in [0.1, 0.15) is 6.10 Å². The molecule has 1 heterocycles. The van der Waals surface area contributed by atoms with Crippen molar-refractivity contribution in [2.24, 2.45) is 0 Å². The lowest BCUT2D eigenvalue weighted by atomic mass is 10.0. The fourth-order valence-corrected chi connectivity index (χ4v) is 1.40. The second-order valence-corrected chi connectivity index (χ2v) is 3.43. The normalized spacial score (nSPS) is 14.2. The van der Waals surface area contributed by atoms with Crippen LogP contribution in [0.2, 0.25) is 0 Å². The van der Waals surface area contributed by atoms with Crippen LogP contribution in [0.15, 0.2) is 18.5 Å². The van der Waals surface area contributed by atoms with Crippen molar-refractivity contribution in [3.8, 4) is 0 Å². The van der Waals surface area contributed by atoms with Gasteiger partial charge in [0.15, 0.2) is 0 Å². The van der Waals surface area contributed by atoms with E-state index in [1.807, 2.05) is 0 Å². The van der Waals surface area contributed by atoms with Gasteiger partial charge >= 0.3 is 5.97 Å². The highest BCUT2D eigenvalue weighted by atomic mass is 35.5. The second kappa shape index (κ2) is 5.79. The molecule has 0 saturated heterocycles. The van der Waals surface area contributed by atoms with Gasteiger partial charge in [-0.1, -0.05) is 0 Å². The Labute approximate surface area is 97.6 Å². The van der Waals surface area contributed by atoms with Crippen molar-refractivity contribution in [1.82, 2.24) is 4.98 Å². The minimum absolute atomic E-state index is 0.142. The van der Waals surface area contributed by atoms with Gasteiger partial charge in [-0.05, 0) is 6.07 Å². The Morgan fingerprint density at radius 1 is 1.62 bits per heavy atom. The Morgan fingerprint density at radius 3 is 2.88 bits per heavy atom. The molecule has 2 atom stereocenters. The third-order valence-electron chi connectivity index (χ3n) is 2.10. The van der Waals surface area contributed by atoms with E-state index in [-0.39, 0.29) is 17.0 Å². The van der Waals surface area contributed by atoms with Crippen LogP contribution >= 0.6 is 11.6 Å². The largest absolute Gasteiger partial charge is 0.465 e. The molecular weight excluding hydrogens is 234 g/mol. The standard InChI is InChI=1S/C10H12ClNO4/c1-16-10(15)6-2-3-12-5-7(6)9(14)8(13)4-11/h2-3,5,8-9,13-14H,4H2,1H3. The third-order valence-corrected chi connectivity index (χ3v) is 2.41. The first-order chi connectivity index (χ1) is 7.61. The molecule has 2 unspecified atom stereocenters. The Kier molecular flexibility index (Phi) is 4.67. The maximum Gasteiger partial charge on any atom is 0.338 e. The lowest BCUT2D eigenvalue weighted by Crippen LogP contribution is -2.22.